The van der Waals surface area contributed by atoms with Crippen molar-refractivity contribution in [2.75, 3.05) is 27.4 Å². The van der Waals surface area contributed by atoms with Crippen LogP contribution in [0.1, 0.15) is 36.6 Å². The van der Waals surface area contributed by atoms with Crippen LogP contribution in [0.4, 0.5) is 0 Å². The largest absolute Gasteiger partial charge is 0.507 e. The van der Waals surface area contributed by atoms with Gasteiger partial charge in [-0.15, -0.1) is 0 Å². The zero-order valence-electron chi connectivity index (χ0n) is 22.1. The molecule has 1 atom stereocenters. The SMILES string of the molecule is COc1ccc(CCN2C(=O)C(=O)/C(=C(\O)c3cccc(OCC(C)C)c3)C2c2cccc(OC)c2)cc1. The number of hydrogen-bond donors (Lipinski definition) is 1. The van der Waals surface area contributed by atoms with Crippen LogP contribution in [0.2, 0.25) is 0 Å². The van der Waals surface area contributed by atoms with E-state index in [1.807, 2.05) is 44.2 Å². The summed E-state index contributed by atoms with van der Waals surface area (Å²) in [7, 11) is 3.16. The molecule has 0 saturated carbocycles. The quantitative estimate of drug-likeness (QED) is 0.221. The molecule has 1 amide bonds. The molecule has 0 aliphatic carbocycles. The third kappa shape index (κ3) is 5.83. The number of aliphatic hydroxyl groups excluding tert-OH is 1. The molecule has 38 heavy (non-hydrogen) atoms. The number of methoxy groups -OCH3 is 2. The number of ether oxygens (including phenoxy) is 3. The van der Waals surface area contributed by atoms with Crippen LogP contribution in [-0.2, 0) is 16.0 Å². The van der Waals surface area contributed by atoms with Gasteiger partial charge in [-0.25, -0.2) is 0 Å². The fraction of sp³-hybridized carbons (Fsp3) is 0.290. The van der Waals surface area contributed by atoms with E-state index in [0.29, 0.717) is 41.6 Å². The number of benzene rings is 3. The number of hydrogen-bond acceptors (Lipinski definition) is 6. The number of rotatable bonds is 10. The van der Waals surface area contributed by atoms with Crippen molar-refractivity contribution in [3.8, 4) is 17.2 Å². The Hall–Kier alpha value is -4.26. The van der Waals surface area contributed by atoms with Crippen molar-refractivity contribution in [1.29, 1.82) is 0 Å². The van der Waals surface area contributed by atoms with E-state index in [0.717, 1.165) is 11.3 Å². The fourth-order valence-electron chi connectivity index (χ4n) is 4.46. The minimum absolute atomic E-state index is 0.0407. The number of aliphatic hydroxyl groups is 1. The number of nitrogens with zero attached hydrogens (tertiary/aromatic N) is 1. The molecule has 7 nitrogen and oxygen atoms in total. The van der Waals surface area contributed by atoms with Gasteiger partial charge in [-0.1, -0.05) is 50.2 Å². The predicted molar refractivity (Wildman–Crippen MR) is 145 cm³/mol. The van der Waals surface area contributed by atoms with Gasteiger partial charge in [0.2, 0.25) is 0 Å². The third-order valence-electron chi connectivity index (χ3n) is 6.44. The van der Waals surface area contributed by atoms with Crippen LogP contribution in [0.15, 0.2) is 78.4 Å². The highest BCUT2D eigenvalue weighted by atomic mass is 16.5. The average Bonchev–Trinajstić information content (AvgIpc) is 3.20. The van der Waals surface area contributed by atoms with Gasteiger partial charge in [0.05, 0.1) is 32.4 Å². The Morgan fingerprint density at radius 3 is 2.26 bits per heavy atom. The van der Waals surface area contributed by atoms with Gasteiger partial charge in [0, 0.05) is 12.1 Å². The van der Waals surface area contributed by atoms with Crippen molar-refractivity contribution in [1.82, 2.24) is 4.90 Å². The number of likely N-dealkylation sites (tertiary alicyclic amines) is 1. The Morgan fingerprint density at radius 1 is 0.895 bits per heavy atom. The van der Waals surface area contributed by atoms with Gasteiger partial charge in [0.1, 0.15) is 23.0 Å². The van der Waals surface area contributed by atoms with E-state index < -0.39 is 17.7 Å². The summed E-state index contributed by atoms with van der Waals surface area (Å²) in [5, 5.41) is 11.4. The lowest BCUT2D eigenvalue weighted by atomic mass is 9.95. The van der Waals surface area contributed by atoms with Crippen molar-refractivity contribution in [2.24, 2.45) is 5.92 Å². The number of amides is 1. The molecule has 1 aliphatic heterocycles. The normalized spacial score (nSPS) is 16.7. The summed E-state index contributed by atoms with van der Waals surface area (Å²) in [5.74, 6) is 0.625. The first-order chi connectivity index (χ1) is 18.3. The molecule has 3 aromatic rings. The lowest BCUT2D eigenvalue weighted by molar-refractivity contribution is -0.139. The number of carbonyl (C=O) groups excluding carboxylic acids is 2. The smallest absolute Gasteiger partial charge is 0.295 e. The Kier molecular flexibility index (Phi) is 8.36. The molecular weight excluding hydrogens is 482 g/mol. The Labute approximate surface area is 223 Å². The molecule has 1 N–H and O–H groups in total. The van der Waals surface area contributed by atoms with Crippen LogP contribution in [0.5, 0.6) is 17.2 Å². The maximum absolute atomic E-state index is 13.4. The van der Waals surface area contributed by atoms with Crippen LogP contribution in [-0.4, -0.2) is 49.1 Å². The van der Waals surface area contributed by atoms with Crippen molar-refractivity contribution < 1.29 is 28.9 Å². The fourth-order valence-corrected chi connectivity index (χ4v) is 4.46. The first kappa shape index (κ1) is 26.8. The van der Waals surface area contributed by atoms with Crippen molar-refractivity contribution in [3.63, 3.8) is 0 Å². The third-order valence-corrected chi connectivity index (χ3v) is 6.44. The second-order valence-electron chi connectivity index (χ2n) is 9.60. The molecule has 0 spiro atoms. The van der Waals surface area contributed by atoms with E-state index in [4.69, 9.17) is 14.2 Å². The van der Waals surface area contributed by atoms with Gasteiger partial charge < -0.3 is 24.2 Å². The van der Waals surface area contributed by atoms with E-state index in [2.05, 4.69) is 0 Å². The predicted octanol–water partition coefficient (Wildman–Crippen LogP) is 5.40. The number of ketones is 1. The Bertz CT molecular complexity index is 1330. The molecule has 1 heterocycles. The minimum Gasteiger partial charge on any atom is -0.507 e. The Morgan fingerprint density at radius 2 is 1.58 bits per heavy atom. The van der Waals surface area contributed by atoms with Gasteiger partial charge in [-0.2, -0.15) is 0 Å². The van der Waals surface area contributed by atoms with Crippen LogP contribution in [0, 0.1) is 5.92 Å². The second-order valence-corrected chi connectivity index (χ2v) is 9.60. The molecule has 1 aliphatic rings. The summed E-state index contributed by atoms with van der Waals surface area (Å²) in [6, 6.07) is 20.9. The van der Waals surface area contributed by atoms with Crippen molar-refractivity contribution in [2.45, 2.75) is 26.3 Å². The van der Waals surface area contributed by atoms with E-state index in [9.17, 15) is 14.7 Å². The van der Waals surface area contributed by atoms with Crippen molar-refractivity contribution >= 4 is 17.4 Å². The molecule has 198 valence electrons. The maximum Gasteiger partial charge on any atom is 0.295 e. The first-order valence-electron chi connectivity index (χ1n) is 12.6. The van der Waals surface area contributed by atoms with Gasteiger partial charge >= 0.3 is 0 Å². The highest BCUT2D eigenvalue weighted by molar-refractivity contribution is 6.46. The second kappa shape index (κ2) is 11.9. The van der Waals surface area contributed by atoms with Crippen LogP contribution < -0.4 is 14.2 Å². The minimum atomic E-state index is -0.774. The summed E-state index contributed by atoms with van der Waals surface area (Å²) >= 11 is 0. The average molecular weight is 516 g/mol. The zero-order chi connectivity index (χ0) is 27.2. The number of Topliss-reactive ketones (excluding diaryl/α,β-unsaturated/α-hetero) is 1. The summed E-state index contributed by atoms with van der Waals surface area (Å²) in [4.78, 5) is 28.2. The van der Waals surface area contributed by atoms with Crippen molar-refractivity contribution in [3.05, 3.63) is 95.1 Å². The molecule has 3 aromatic carbocycles. The highest BCUT2D eigenvalue weighted by Gasteiger charge is 2.46. The zero-order valence-corrected chi connectivity index (χ0v) is 22.1. The molecule has 0 radical (unpaired) electrons. The first-order valence-corrected chi connectivity index (χ1v) is 12.6. The molecule has 7 heteroatoms. The summed E-state index contributed by atoms with van der Waals surface area (Å²) in [6.45, 7) is 4.90. The molecule has 4 rings (SSSR count). The Balaban J connectivity index is 1.74. The van der Waals surface area contributed by atoms with Crippen LogP contribution in [0.3, 0.4) is 0 Å². The molecule has 1 fully saturated rings. The van der Waals surface area contributed by atoms with Crippen LogP contribution in [0.25, 0.3) is 5.76 Å². The molecule has 1 unspecified atom stereocenters. The summed E-state index contributed by atoms with van der Waals surface area (Å²) < 4.78 is 16.4. The maximum atomic E-state index is 13.4. The van der Waals surface area contributed by atoms with Gasteiger partial charge in [-0.05, 0) is 59.9 Å². The van der Waals surface area contributed by atoms with Gasteiger partial charge in [0.15, 0.2) is 0 Å². The van der Waals surface area contributed by atoms with E-state index in [-0.39, 0.29) is 17.9 Å². The molecule has 1 saturated heterocycles. The molecule has 0 bridgehead atoms. The van der Waals surface area contributed by atoms with Crippen LogP contribution >= 0.6 is 0 Å². The number of carbonyl (C=O) groups is 2. The summed E-state index contributed by atoms with van der Waals surface area (Å²) in [6.07, 6.45) is 0.524. The van der Waals surface area contributed by atoms with Gasteiger partial charge in [0.25, 0.3) is 11.7 Å². The highest BCUT2D eigenvalue weighted by Crippen LogP contribution is 2.40. The molecule has 0 aromatic heterocycles. The monoisotopic (exact) mass is 515 g/mol. The lowest BCUT2D eigenvalue weighted by Crippen LogP contribution is -2.31. The summed E-state index contributed by atoms with van der Waals surface area (Å²) in [5.41, 5.74) is 2.12. The standard InChI is InChI=1S/C31H33NO6/c1-20(2)19-38-26-10-6-8-23(18-26)29(33)27-28(22-7-5-9-25(17-22)37-4)32(31(35)30(27)34)16-15-21-11-13-24(36-3)14-12-21/h5-14,17-18,20,28,33H,15-16,19H2,1-4H3/b29-27-. The topological polar surface area (TPSA) is 85.3 Å². The van der Waals surface area contributed by atoms with Gasteiger partial charge in [-0.3, -0.25) is 9.59 Å². The van der Waals surface area contributed by atoms with E-state index in [1.165, 1.54) is 4.90 Å². The lowest BCUT2D eigenvalue weighted by Gasteiger charge is -2.25. The molecular formula is C31H33NO6. The van der Waals surface area contributed by atoms with E-state index >= 15 is 0 Å². The van der Waals surface area contributed by atoms with E-state index in [1.54, 1.807) is 56.7 Å².